The van der Waals surface area contributed by atoms with Gasteiger partial charge >= 0.3 is 0 Å². The number of benzene rings is 1. The van der Waals surface area contributed by atoms with Crippen LogP contribution >= 0.6 is 27.3 Å². The molecule has 0 aliphatic carbocycles. The normalized spacial score (nSPS) is 10.5. The molecule has 6 heteroatoms. The van der Waals surface area contributed by atoms with E-state index >= 15 is 0 Å². The number of nitrogen functional groups attached to an aromatic ring is 1. The predicted molar refractivity (Wildman–Crippen MR) is 102 cm³/mol. The number of hydrogen-bond acceptors (Lipinski definition) is 5. The topological polar surface area (TPSA) is 68.0 Å². The number of halogens is 1. The lowest BCUT2D eigenvalue weighted by atomic mass is 10.0. The van der Waals surface area contributed by atoms with E-state index < -0.39 is 0 Å². The summed E-state index contributed by atoms with van der Waals surface area (Å²) in [5.41, 5.74) is 8.73. The molecule has 0 saturated heterocycles. The number of anilines is 2. The quantitative estimate of drug-likeness (QED) is 0.595. The van der Waals surface area contributed by atoms with Crippen LogP contribution in [0.3, 0.4) is 0 Å². The third-order valence-electron chi connectivity index (χ3n) is 3.53. The minimum atomic E-state index is 0.132. The summed E-state index contributed by atoms with van der Waals surface area (Å²) < 4.78 is 0.970. The highest BCUT2D eigenvalue weighted by atomic mass is 79.9. The zero-order valence-corrected chi connectivity index (χ0v) is 15.2. The number of aromatic nitrogens is 1. The van der Waals surface area contributed by atoms with E-state index in [-0.39, 0.29) is 5.78 Å². The number of nitrogens with two attached hydrogens (primary N) is 1. The highest BCUT2D eigenvalue weighted by molar-refractivity contribution is 9.11. The number of nitrogens with zero attached hydrogens (tertiary/aromatic N) is 1. The summed E-state index contributed by atoms with van der Waals surface area (Å²) in [5, 5.41) is 3.27. The molecule has 3 rings (SSSR count). The number of Topliss-reactive ketones (excluding diaryl/α,β-unsaturated/α-hetero) is 1. The molecule has 0 bridgehead atoms. The Balaban J connectivity index is 1.66. The van der Waals surface area contributed by atoms with Gasteiger partial charge in [0.2, 0.25) is 0 Å². The number of carbonyl (C=O) groups is 1. The van der Waals surface area contributed by atoms with Crippen LogP contribution in [0.2, 0.25) is 0 Å². The maximum atomic E-state index is 12.3. The number of carbonyl (C=O) groups excluding carboxylic acids is 1. The first kappa shape index (κ1) is 16.7. The molecular weight excluding hydrogens is 386 g/mol. The summed E-state index contributed by atoms with van der Waals surface area (Å²) in [4.78, 5) is 17.1. The second-order valence-corrected chi connectivity index (χ2v) is 7.78. The van der Waals surface area contributed by atoms with Crippen molar-refractivity contribution in [2.75, 3.05) is 11.1 Å². The standard InChI is InChI=1S/C18H16BrN3OS/c19-17-7-6-16(24-17)15(23)10-12-3-1-4-13(9-12)11-22-14-5-2-8-21-18(14)20/h1-9,22H,10-11H2,(H2,20,21). The molecule has 24 heavy (non-hydrogen) atoms. The minimum Gasteiger partial charge on any atom is -0.382 e. The van der Waals surface area contributed by atoms with Crippen LogP contribution in [0.25, 0.3) is 0 Å². The maximum absolute atomic E-state index is 12.3. The average molecular weight is 402 g/mol. The van der Waals surface area contributed by atoms with Crippen LogP contribution in [-0.4, -0.2) is 10.8 Å². The van der Waals surface area contributed by atoms with Crippen molar-refractivity contribution < 1.29 is 4.79 Å². The molecule has 0 amide bonds. The van der Waals surface area contributed by atoms with Crippen molar-refractivity contribution in [1.29, 1.82) is 0 Å². The van der Waals surface area contributed by atoms with Gasteiger partial charge in [-0.25, -0.2) is 4.98 Å². The van der Waals surface area contributed by atoms with E-state index in [4.69, 9.17) is 5.73 Å². The number of hydrogen-bond donors (Lipinski definition) is 2. The lowest BCUT2D eigenvalue weighted by Crippen LogP contribution is -2.05. The number of pyridine rings is 1. The van der Waals surface area contributed by atoms with Gasteiger partial charge in [-0.3, -0.25) is 4.79 Å². The van der Waals surface area contributed by atoms with Gasteiger partial charge in [0.15, 0.2) is 5.78 Å². The molecule has 1 aromatic carbocycles. The van der Waals surface area contributed by atoms with Gasteiger partial charge in [0.1, 0.15) is 5.82 Å². The average Bonchev–Trinajstić information content (AvgIpc) is 3.01. The van der Waals surface area contributed by atoms with Crippen molar-refractivity contribution in [3.8, 4) is 0 Å². The summed E-state index contributed by atoms with van der Waals surface area (Å²) in [6.45, 7) is 0.627. The van der Waals surface area contributed by atoms with Crippen LogP contribution in [0.15, 0.2) is 58.5 Å². The fourth-order valence-electron chi connectivity index (χ4n) is 2.35. The lowest BCUT2D eigenvalue weighted by molar-refractivity contribution is 0.0997. The third kappa shape index (κ3) is 4.21. The molecule has 4 nitrogen and oxygen atoms in total. The van der Waals surface area contributed by atoms with Gasteiger partial charge in [-0.2, -0.15) is 0 Å². The van der Waals surface area contributed by atoms with E-state index in [1.54, 1.807) is 6.20 Å². The van der Waals surface area contributed by atoms with Gasteiger partial charge < -0.3 is 11.1 Å². The second kappa shape index (κ2) is 7.59. The van der Waals surface area contributed by atoms with Crippen LogP contribution in [0.5, 0.6) is 0 Å². The number of ketones is 1. The molecule has 3 N–H and O–H groups in total. The smallest absolute Gasteiger partial charge is 0.177 e. The summed E-state index contributed by atoms with van der Waals surface area (Å²) in [6.07, 6.45) is 2.06. The Bertz CT molecular complexity index is 863. The molecule has 2 aromatic heterocycles. The molecule has 122 valence electrons. The largest absolute Gasteiger partial charge is 0.382 e. The number of rotatable bonds is 6. The van der Waals surface area contributed by atoms with Crippen LogP contribution < -0.4 is 11.1 Å². The molecule has 2 heterocycles. The first-order valence-corrected chi connectivity index (χ1v) is 9.03. The molecule has 3 aromatic rings. The van der Waals surface area contributed by atoms with E-state index in [0.717, 1.165) is 25.5 Å². The number of nitrogens with one attached hydrogen (secondary N) is 1. The Kier molecular flexibility index (Phi) is 5.27. The minimum absolute atomic E-state index is 0.132. The van der Waals surface area contributed by atoms with Crippen LogP contribution in [0.1, 0.15) is 20.8 Å². The van der Waals surface area contributed by atoms with E-state index in [2.05, 4.69) is 26.2 Å². The van der Waals surface area contributed by atoms with Gasteiger partial charge in [-0.05, 0) is 51.3 Å². The van der Waals surface area contributed by atoms with Gasteiger partial charge in [-0.15, -0.1) is 11.3 Å². The Morgan fingerprint density at radius 3 is 2.75 bits per heavy atom. The molecule has 0 atom stereocenters. The van der Waals surface area contributed by atoms with Crippen LogP contribution in [0.4, 0.5) is 11.5 Å². The Morgan fingerprint density at radius 1 is 1.17 bits per heavy atom. The van der Waals surface area contributed by atoms with Crippen molar-refractivity contribution >= 4 is 44.6 Å². The fraction of sp³-hybridized carbons (Fsp3) is 0.111. The Labute approximate surface area is 152 Å². The van der Waals surface area contributed by atoms with Gasteiger partial charge in [0.25, 0.3) is 0 Å². The fourth-order valence-corrected chi connectivity index (χ4v) is 3.67. The summed E-state index contributed by atoms with van der Waals surface area (Å²) >= 11 is 4.85. The lowest BCUT2D eigenvalue weighted by Gasteiger charge is -2.09. The van der Waals surface area contributed by atoms with Crippen LogP contribution in [-0.2, 0) is 13.0 Å². The van der Waals surface area contributed by atoms with Crippen LogP contribution in [0, 0.1) is 0 Å². The second-order valence-electron chi connectivity index (χ2n) is 5.31. The molecule has 0 unspecified atom stereocenters. The highest BCUT2D eigenvalue weighted by Crippen LogP contribution is 2.23. The van der Waals surface area contributed by atoms with Crippen molar-refractivity contribution in [3.05, 3.63) is 74.5 Å². The molecule has 0 fully saturated rings. The van der Waals surface area contributed by atoms with Crippen molar-refractivity contribution in [2.45, 2.75) is 13.0 Å². The van der Waals surface area contributed by atoms with E-state index in [0.29, 0.717) is 18.8 Å². The highest BCUT2D eigenvalue weighted by Gasteiger charge is 2.10. The molecule has 0 saturated carbocycles. The summed E-state index contributed by atoms with van der Waals surface area (Å²) in [7, 11) is 0. The summed E-state index contributed by atoms with van der Waals surface area (Å²) in [6, 6.07) is 15.5. The zero-order valence-electron chi connectivity index (χ0n) is 12.8. The van der Waals surface area contributed by atoms with Gasteiger partial charge in [0, 0.05) is 19.2 Å². The molecule has 0 aliphatic rings. The first-order chi connectivity index (χ1) is 11.6. The Morgan fingerprint density at radius 2 is 2.00 bits per heavy atom. The monoisotopic (exact) mass is 401 g/mol. The molecular formula is C18H16BrN3OS. The van der Waals surface area contributed by atoms with Crippen molar-refractivity contribution in [1.82, 2.24) is 4.98 Å². The Hall–Kier alpha value is -2.18. The SMILES string of the molecule is Nc1ncccc1NCc1cccc(CC(=O)c2ccc(Br)s2)c1. The van der Waals surface area contributed by atoms with Gasteiger partial charge in [0.05, 0.1) is 14.4 Å². The van der Waals surface area contributed by atoms with Crippen molar-refractivity contribution in [2.24, 2.45) is 0 Å². The maximum Gasteiger partial charge on any atom is 0.177 e. The molecule has 0 aliphatic heterocycles. The van der Waals surface area contributed by atoms with E-state index in [1.807, 2.05) is 48.5 Å². The van der Waals surface area contributed by atoms with Crippen molar-refractivity contribution in [3.63, 3.8) is 0 Å². The summed E-state index contributed by atoms with van der Waals surface area (Å²) in [5.74, 6) is 0.611. The van der Waals surface area contributed by atoms with E-state index in [9.17, 15) is 4.79 Å². The third-order valence-corrected chi connectivity index (χ3v) is 5.19. The molecule has 0 radical (unpaired) electrons. The molecule has 0 spiro atoms. The first-order valence-electron chi connectivity index (χ1n) is 7.42. The number of thiophene rings is 1. The van der Waals surface area contributed by atoms with E-state index in [1.165, 1.54) is 11.3 Å². The predicted octanol–water partition coefficient (Wildman–Crippen LogP) is 4.53. The van der Waals surface area contributed by atoms with Gasteiger partial charge in [-0.1, -0.05) is 24.3 Å². The zero-order chi connectivity index (χ0) is 16.9.